The minimum atomic E-state index is -1.04. The van der Waals surface area contributed by atoms with Crippen LogP contribution in [-0.2, 0) is 0 Å². The molecule has 2 N–H and O–H groups in total. The summed E-state index contributed by atoms with van der Waals surface area (Å²) < 4.78 is 30.9. The van der Waals surface area contributed by atoms with Crippen LogP contribution in [0.3, 0.4) is 0 Å². The number of nitrogens with one attached hydrogen (secondary N) is 2. The van der Waals surface area contributed by atoms with Crippen molar-refractivity contribution in [2.75, 3.05) is 17.2 Å². The highest BCUT2D eigenvalue weighted by Crippen LogP contribution is 2.17. The van der Waals surface area contributed by atoms with E-state index in [-0.39, 0.29) is 12.3 Å². The maximum atomic E-state index is 13.0. The zero-order chi connectivity index (χ0) is 15.9. The molecule has 7 heteroatoms. The number of carbonyl (C=O) groups is 1. The van der Waals surface area contributed by atoms with E-state index >= 15 is 0 Å². The molecule has 0 aliphatic rings. The molecule has 0 aliphatic heterocycles. The first kappa shape index (κ1) is 15.3. The van der Waals surface area contributed by atoms with Gasteiger partial charge < -0.3 is 15.4 Å². The van der Waals surface area contributed by atoms with Gasteiger partial charge in [-0.05, 0) is 36.4 Å². The summed E-state index contributed by atoms with van der Waals surface area (Å²) in [6.07, 6.45) is 0. The molecular weight excluding hydrogens is 292 g/mol. The fourth-order valence-electron chi connectivity index (χ4n) is 1.62. The number of hydrogen-bond donors (Lipinski definition) is 2. The third-order valence-electron chi connectivity index (χ3n) is 2.59. The SMILES string of the molecule is N#CCOc1ccc(NC(=O)Nc2ccc(F)c(F)c2)cc1. The van der Waals surface area contributed by atoms with Crippen molar-refractivity contribution >= 4 is 17.4 Å². The largest absolute Gasteiger partial charge is 0.479 e. The molecule has 22 heavy (non-hydrogen) atoms. The van der Waals surface area contributed by atoms with Gasteiger partial charge in [-0.25, -0.2) is 13.6 Å². The monoisotopic (exact) mass is 303 g/mol. The van der Waals surface area contributed by atoms with E-state index < -0.39 is 17.7 Å². The number of nitriles is 1. The second-order valence-electron chi connectivity index (χ2n) is 4.18. The van der Waals surface area contributed by atoms with Crippen molar-refractivity contribution < 1.29 is 18.3 Å². The first-order chi connectivity index (χ1) is 10.6. The van der Waals surface area contributed by atoms with Gasteiger partial charge in [0.1, 0.15) is 11.8 Å². The Morgan fingerprint density at radius 3 is 2.32 bits per heavy atom. The van der Waals surface area contributed by atoms with Gasteiger partial charge in [0.15, 0.2) is 18.2 Å². The standard InChI is InChI=1S/C15H11F2N3O2/c16-13-6-3-11(9-14(13)17)20-15(21)19-10-1-4-12(5-2-10)22-8-7-18/h1-6,9H,8H2,(H2,19,20,21). The van der Waals surface area contributed by atoms with Gasteiger partial charge in [-0.1, -0.05) is 0 Å². The van der Waals surface area contributed by atoms with Crippen molar-refractivity contribution in [3.63, 3.8) is 0 Å². The molecule has 0 atom stereocenters. The molecule has 5 nitrogen and oxygen atoms in total. The Bertz CT molecular complexity index is 712. The summed E-state index contributed by atoms with van der Waals surface area (Å²) in [5.41, 5.74) is 0.606. The van der Waals surface area contributed by atoms with Crippen LogP contribution in [0.4, 0.5) is 25.0 Å². The summed E-state index contributed by atoms with van der Waals surface area (Å²) in [5.74, 6) is -1.54. The molecule has 2 rings (SSSR count). The third-order valence-corrected chi connectivity index (χ3v) is 2.59. The highest BCUT2D eigenvalue weighted by molar-refractivity contribution is 5.99. The predicted molar refractivity (Wildman–Crippen MR) is 76.5 cm³/mol. The Hall–Kier alpha value is -3.14. The molecule has 0 aromatic heterocycles. The Kier molecular flexibility index (Phi) is 4.88. The van der Waals surface area contributed by atoms with Crippen molar-refractivity contribution in [2.24, 2.45) is 0 Å². The van der Waals surface area contributed by atoms with Crippen molar-refractivity contribution in [1.82, 2.24) is 0 Å². The van der Waals surface area contributed by atoms with Gasteiger partial charge in [-0.15, -0.1) is 0 Å². The van der Waals surface area contributed by atoms with Crippen LogP contribution in [0, 0.1) is 23.0 Å². The number of urea groups is 1. The van der Waals surface area contributed by atoms with Gasteiger partial charge in [0.2, 0.25) is 0 Å². The van der Waals surface area contributed by atoms with Gasteiger partial charge in [0, 0.05) is 17.4 Å². The van der Waals surface area contributed by atoms with E-state index in [1.807, 2.05) is 6.07 Å². The highest BCUT2D eigenvalue weighted by Gasteiger charge is 2.06. The molecule has 0 radical (unpaired) electrons. The lowest BCUT2D eigenvalue weighted by atomic mass is 10.3. The molecule has 0 fully saturated rings. The summed E-state index contributed by atoms with van der Waals surface area (Å²) in [7, 11) is 0. The van der Waals surface area contributed by atoms with Gasteiger partial charge in [-0.3, -0.25) is 0 Å². The molecule has 0 aliphatic carbocycles. The number of carbonyl (C=O) groups excluding carboxylic acids is 1. The van der Waals surface area contributed by atoms with Crippen molar-refractivity contribution in [2.45, 2.75) is 0 Å². The summed E-state index contributed by atoms with van der Waals surface area (Å²) >= 11 is 0. The van der Waals surface area contributed by atoms with Gasteiger partial charge in [0.05, 0.1) is 0 Å². The van der Waals surface area contributed by atoms with Crippen LogP contribution in [0.1, 0.15) is 0 Å². The summed E-state index contributed by atoms with van der Waals surface area (Å²) in [5, 5.41) is 13.3. The van der Waals surface area contributed by atoms with Crippen LogP contribution < -0.4 is 15.4 Å². The summed E-state index contributed by atoms with van der Waals surface area (Å²) in [4.78, 5) is 11.7. The summed E-state index contributed by atoms with van der Waals surface area (Å²) in [6.45, 7) is -0.0661. The minimum Gasteiger partial charge on any atom is -0.479 e. The number of anilines is 2. The highest BCUT2D eigenvalue weighted by atomic mass is 19.2. The average molecular weight is 303 g/mol. The Balaban J connectivity index is 1.94. The van der Waals surface area contributed by atoms with Crippen molar-refractivity contribution in [3.05, 3.63) is 54.1 Å². The van der Waals surface area contributed by atoms with E-state index in [4.69, 9.17) is 10.00 Å². The second kappa shape index (κ2) is 7.04. The Morgan fingerprint density at radius 2 is 1.68 bits per heavy atom. The number of nitrogens with zero attached hydrogens (tertiary/aromatic N) is 1. The van der Waals surface area contributed by atoms with E-state index in [9.17, 15) is 13.6 Å². The van der Waals surface area contributed by atoms with Gasteiger partial charge >= 0.3 is 6.03 Å². The quantitative estimate of drug-likeness (QED) is 0.907. The average Bonchev–Trinajstić information content (AvgIpc) is 2.50. The molecule has 2 aromatic carbocycles. The Labute approximate surface area is 125 Å². The number of hydrogen-bond acceptors (Lipinski definition) is 3. The molecule has 0 bridgehead atoms. The molecule has 2 amide bonds. The lowest BCUT2D eigenvalue weighted by molar-refractivity contribution is 0.262. The molecular formula is C15H11F2N3O2. The van der Waals surface area contributed by atoms with Crippen LogP contribution in [0.2, 0.25) is 0 Å². The normalized spacial score (nSPS) is 9.68. The zero-order valence-corrected chi connectivity index (χ0v) is 11.3. The van der Waals surface area contributed by atoms with Crippen LogP contribution in [0.5, 0.6) is 5.75 Å². The molecule has 0 saturated carbocycles. The van der Waals surface area contributed by atoms with Crippen LogP contribution in [0.15, 0.2) is 42.5 Å². The van der Waals surface area contributed by atoms with Crippen LogP contribution in [-0.4, -0.2) is 12.6 Å². The first-order valence-electron chi connectivity index (χ1n) is 6.21. The molecule has 2 aromatic rings. The number of amides is 2. The van der Waals surface area contributed by atoms with E-state index in [2.05, 4.69) is 10.6 Å². The summed E-state index contributed by atoms with van der Waals surface area (Å²) in [6, 6.07) is 10.6. The first-order valence-corrected chi connectivity index (χ1v) is 6.21. The van der Waals surface area contributed by atoms with E-state index in [0.29, 0.717) is 11.4 Å². The maximum Gasteiger partial charge on any atom is 0.323 e. The number of ether oxygens (including phenoxy) is 1. The van der Waals surface area contributed by atoms with E-state index in [1.165, 1.54) is 6.07 Å². The number of benzene rings is 2. The van der Waals surface area contributed by atoms with Crippen molar-refractivity contribution in [3.8, 4) is 11.8 Å². The lowest BCUT2D eigenvalue weighted by Crippen LogP contribution is -2.19. The smallest absolute Gasteiger partial charge is 0.323 e. The molecule has 0 heterocycles. The van der Waals surface area contributed by atoms with E-state index in [1.54, 1.807) is 24.3 Å². The van der Waals surface area contributed by atoms with Gasteiger partial charge in [-0.2, -0.15) is 5.26 Å². The topological polar surface area (TPSA) is 74.1 Å². The second-order valence-corrected chi connectivity index (χ2v) is 4.18. The van der Waals surface area contributed by atoms with Crippen molar-refractivity contribution in [1.29, 1.82) is 5.26 Å². The zero-order valence-electron chi connectivity index (χ0n) is 11.3. The molecule has 0 saturated heterocycles. The third kappa shape index (κ3) is 4.18. The minimum absolute atomic E-state index is 0.0661. The lowest BCUT2D eigenvalue weighted by Gasteiger charge is -2.08. The van der Waals surface area contributed by atoms with Crippen LogP contribution >= 0.6 is 0 Å². The predicted octanol–water partition coefficient (Wildman–Crippen LogP) is 3.51. The molecule has 0 spiro atoms. The fraction of sp³-hybridized carbons (Fsp3) is 0.0667. The molecule has 112 valence electrons. The van der Waals surface area contributed by atoms with E-state index in [0.717, 1.165) is 12.1 Å². The number of halogens is 2. The van der Waals surface area contributed by atoms with Crippen LogP contribution in [0.25, 0.3) is 0 Å². The maximum absolute atomic E-state index is 13.0. The molecule has 0 unspecified atom stereocenters. The fourth-order valence-corrected chi connectivity index (χ4v) is 1.62. The van der Waals surface area contributed by atoms with Gasteiger partial charge in [0.25, 0.3) is 0 Å². The Morgan fingerprint density at radius 1 is 1.05 bits per heavy atom. The number of rotatable bonds is 4.